The molecule has 0 spiro atoms. The van der Waals surface area contributed by atoms with Gasteiger partial charge in [0.25, 0.3) is 0 Å². The Morgan fingerprint density at radius 2 is 1.83 bits per heavy atom. The Morgan fingerprint density at radius 3 is 2.50 bits per heavy atom. The molecule has 6 heteroatoms. The number of carbonyl (C=O) groups is 1. The SMILES string of the molecule is CC(C)c1ccc(CN2CCN(C(=O)[C@H]3CCCN(c4cnccn4)C3)CC2)cc1. The number of piperazine rings is 1. The van der Waals surface area contributed by atoms with Crippen LogP contribution in [0.25, 0.3) is 0 Å². The summed E-state index contributed by atoms with van der Waals surface area (Å²) in [7, 11) is 0. The fourth-order valence-corrected chi connectivity index (χ4v) is 4.49. The summed E-state index contributed by atoms with van der Waals surface area (Å²) >= 11 is 0. The lowest BCUT2D eigenvalue weighted by Gasteiger charge is -2.39. The zero-order chi connectivity index (χ0) is 20.9. The number of benzene rings is 1. The number of aromatic nitrogens is 2. The molecule has 2 aliphatic heterocycles. The van der Waals surface area contributed by atoms with Crippen molar-refractivity contribution in [3.63, 3.8) is 0 Å². The molecule has 0 N–H and O–H groups in total. The first-order valence-electron chi connectivity index (χ1n) is 11.2. The minimum absolute atomic E-state index is 0.0656. The van der Waals surface area contributed by atoms with Gasteiger partial charge in [-0.3, -0.25) is 14.7 Å². The third kappa shape index (κ3) is 4.98. The minimum Gasteiger partial charge on any atom is -0.355 e. The van der Waals surface area contributed by atoms with Gasteiger partial charge in [-0.2, -0.15) is 0 Å². The van der Waals surface area contributed by atoms with E-state index in [1.54, 1.807) is 18.6 Å². The molecule has 0 unspecified atom stereocenters. The van der Waals surface area contributed by atoms with E-state index in [-0.39, 0.29) is 5.92 Å². The van der Waals surface area contributed by atoms with Gasteiger partial charge in [-0.25, -0.2) is 4.98 Å². The van der Waals surface area contributed by atoms with Gasteiger partial charge in [0, 0.05) is 58.2 Å². The smallest absolute Gasteiger partial charge is 0.227 e. The Morgan fingerprint density at radius 1 is 1.07 bits per heavy atom. The predicted octanol–water partition coefficient (Wildman–Crippen LogP) is 3.16. The predicted molar refractivity (Wildman–Crippen MR) is 119 cm³/mol. The monoisotopic (exact) mass is 407 g/mol. The molecule has 1 aromatic heterocycles. The van der Waals surface area contributed by atoms with Crippen LogP contribution in [0.3, 0.4) is 0 Å². The molecular weight excluding hydrogens is 374 g/mol. The van der Waals surface area contributed by atoms with Gasteiger partial charge >= 0.3 is 0 Å². The molecular formula is C24H33N5O. The molecule has 2 saturated heterocycles. The first-order chi connectivity index (χ1) is 14.6. The Hall–Kier alpha value is -2.47. The van der Waals surface area contributed by atoms with Crippen molar-refractivity contribution in [1.29, 1.82) is 0 Å². The van der Waals surface area contributed by atoms with Crippen molar-refractivity contribution in [2.24, 2.45) is 5.92 Å². The Kier molecular flexibility index (Phi) is 6.62. The Labute approximate surface area is 179 Å². The number of nitrogens with zero attached hydrogens (tertiary/aromatic N) is 5. The van der Waals surface area contributed by atoms with Crippen LogP contribution >= 0.6 is 0 Å². The summed E-state index contributed by atoms with van der Waals surface area (Å²) < 4.78 is 0. The number of hydrogen-bond donors (Lipinski definition) is 0. The highest BCUT2D eigenvalue weighted by Gasteiger charge is 2.31. The molecule has 2 aliphatic rings. The van der Waals surface area contributed by atoms with Crippen LogP contribution in [0.15, 0.2) is 42.9 Å². The number of hydrogen-bond acceptors (Lipinski definition) is 5. The lowest BCUT2D eigenvalue weighted by atomic mass is 9.96. The molecule has 0 aliphatic carbocycles. The molecule has 30 heavy (non-hydrogen) atoms. The highest BCUT2D eigenvalue weighted by molar-refractivity contribution is 5.80. The normalized spacial score (nSPS) is 20.6. The number of carbonyl (C=O) groups excluding carboxylic acids is 1. The van der Waals surface area contributed by atoms with Gasteiger partial charge in [-0.1, -0.05) is 38.1 Å². The molecule has 0 radical (unpaired) electrons. The van der Waals surface area contributed by atoms with Crippen molar-refractivity contribution in [2.45, 2.75) is 39.2 Å². The van der Waals surface area contributed by atoms with E-state index in [1.165, 1.54) is 11.1 Å². The third-order valence-electron chi connectivity index (χ3n) is 6.38. The molecule has 2 fully saturated rings. The van der Waals surface area contributed by atoms with Gasteiger partial charge in [0.05, 0.1) is 12.1 Å². The topological polar surface area (TPSA) is 52.6 Å². The van der Waals surface area contributed by atoms with E-state index in [0.29, 0.717) is 11.8 Å². The van der Waals surface area contributed by atoms with Gasteiger partial charge in [-0.05, 0) is 29.9 Å². The molecule has 4 rings (SSSR count). The summed E-state index contributed by atoms with van der Waals surface area (Å²) in [4.78, 5) is 28.5. The number of anilines is 1. The van der Waals surface area contributed by atoms with Crippen molar-refractivity contribution in [3.8, 4) is 0 Å². The number of rotatable bonds is 5. The summed E-state index contributed by atoms with van der Waals surface area (Å²) in [6, 6.07) is 8.98. The van der Waals surface area contributed by atoms with E-state index in [1.807, 2.05) is 0 Å². The molecule has 1 atom stereocenters. The first kappa shape index (κ1) is 20.8. The maximum absolute atomic E-state index is 13.1. The van der Waals surface area contributed by atoms with E-state index in [4.69, 9.17) is 0 Å². The van der Waals surface area contributed by atoms with Crippen molar-refractivity contribution in [2.75, 3.05) is 44.2 Å². The fourth-order valence-electron chi connectivity index (χ4n) is 4.49. The molecule has 1 amide bonds. The first-order valence-corrected chi connectivity index (χ1v) is 11.2. The molecule has 6 nitrogen and oxygen atoms in total. The van der Waals surface area contributed by atoms with E-state index in [0.717, 1.165) is 64.5 Å². The van der Waals surface area contributed by atoms with Crippen molar-refractivity contribution >= 4 is 11.7 Å². The van der Waals surface area contributed by atoms with Crippen molar-refractivity contribution < 1.29 is 4.79 Å². The van der Waals surface area contributed by atoms with Crippen LogP contribution in [0.2, 0.25) is 0 Å². The second-order valence-electron chi connectivity index (χ2n) is 8.85. The van der Waals surface area contributed by atoms with Crippen LogP contribution in [-0.2, 0) is 11.3 Å². The van der Waals surface area contributed by atoms with Crippen LogP contribution in [0.4, 0.5) is 5.82 Å². The standard InChI is InChI=1S/C24H33N5O/c1-19(2)21-7-5-20(6-8-21)17-27-12-14-28(15-13-27)24(30)22-4-3-11-29(18-22)23-16-25-9-10-26-23/h5-10,16,19,22H,3-4,11-15,17-18H2,1-2H3/t22-/m0/s1. The summed E-state index contributed by atoms with van der Waals surface area (Å²) in [5.41, 5.74) is 2.74. The molecule has 0 bridgehead atoms. The quantitative estimate of drug-likeness (QED) is 0.762. The van der Waals surface area contributed by atoms with Gasteiger partial charge < -0.3 is 9.80 Å². The van der Waals surface area contributed by atoms with Crippen molar-refractivity contribution in [1.82, 2.24) is 19.8 Å². The van der Waals surface area contributed by atoms with Gasteiger partial charge in [0.2, 0.25) is 5.91 Å². The molecule has 2 aromatic rings. The lowest BCUT2D eigenvalue weighted by Crippen LogP contribution is -2.52. The van der Waals surface area contributed by atoms with E-state index in [9.17, 15) is 4.79 Å². The van der Waals surface area contributed by atoms with E-state index < -0.39 is 0 Å². The zero-order valence-electron chi connectivity index (χ0n) is 18.2. The van der Waals surface area contributed by atoms with Crippen LogP contribution in [-0.4, -0.2) is 64.9 Å². The Balaban J connectivity index is 1.27. The Bertz CT molecular complexity index is 815. The second kappa shape index (κ2) is 9.56. The maximum Gasteiger partial charge on any atom is 0.227 e. The fraction of sp³-hybridized carbons (Fsp3) is 0.542. The highest BCUT2D eigenvalue weighted by atomic mass is 16.2. The van der Waals surface area contributed by atoms with Gasteiger partial charge in [-0.15, -0.1) is 0 Å². The van der Waals surface area contributed by atoms with Crippen LogP contribution in [0.5, 0.6) is 0 Å². The second-order valence-corrected chi connectivity index (χ2v) is 8.85. The molecule has 0 saturated carbocycles. The van der Waals surface area contributed by atoms with E-state index in [2.05, 4.69) is 62.8 Å². The summed E-state index contributed by atoms with van der Waals surface area (Å²) in [6.45, 7) is 10.6. The molecule has 1 aromatic carbocycles. The van der Waals surface area contributed by atoms with Crippen LogP contribution < -0.4 is 4.90 Å². The van der Waals surface area contributed by atoms with Crippen LogP contribution in [0, 0.1) is 5.92 Å². The average Bonchev–Trinajstić information content (AvgIpc) is 2.80. The number of amides is 1. The van der Waals surface area contributed by atoms with Crippen LogP contribution in [0.1, 0.15) is 43.7 Å². The summed E-state index contributed by atoms with van der Waals surface area (Å²) in [5.74, 6) is 1.82. The summed E-state index contributed by atoms with van der Waals surface area (Å²) in [5, 5.41) is 0. The average molecular weight is 408 g/mol. The van der Waals surface area contributed by atoms with E-state index >= 15 is 0 Å². The largest absolute Gasteiger partial charge is 0.355 e. The highest BCUT2D eigenvalue weighted by Crippen LogP contribution is 2.23. The summed E-state index contributed by atoms with van der Waals surface area (Å²) in [6.07, 6.45) is 7.20. The van der Waals surface area contributed by atoms with Crippen molar-refractivity contribution in [3.05, 3.63) is 54.0 Å². The number of piperidine rings is 1. The van der Waals surface area contributed by atoms with Gasteiger partial charge in [0.15, 0.2) is 0 Å². The van der Waals surface area contributed by atoms with Gasteiger partial charge in [0.1, 0.15) is 5.82 Å². The molecule has 160 valence electrons. The maximum atomic E-state index is 13.1. The lowest BCUT2D eigenvalue weighted by molar-refractivity contribution is -0.137. The molecule has 3 heterocycles. The minimum atomic E-state index is 0.0656. The third-order valence-corrected chi connectivity index (χ3v) is 6.38. The zero-order valence-corrected chi connectivity index (χ0v) is 18.2.